The highest BCUT2D eigenvalue weighted by atomic mass is 16.5. The summed E-state index contributed by atoms with van der Waals surface area (Å²) in [5.74, 6) is 2.02. The van der Waals surface area contributed by atoms with Crippen molar-refractivity contribution in [3.63, 3.8) is 0 Å². The minimum atomic E-state index is -0.0773. The van der Waals surface area contributed by atoms with Gasteiger partial charge in [0.05, 0.1) is 6.61 Å². The Hall–Kier alpha value is -0.570. The monoisotopic (exact) mass is 295 g/mol. The molecule has 0 radical (unpaired) electrons. The zero-order valence-corrected chi connectivity index (χ0v) is 14.3. The topological polar surface area (TPSA) is 38.3 Å². The molecule has 1 unspecified atom stereocenters. The van der Waals surface area contributed by atoms with Crippen molar-refractivity contribution in [2.45, 2.75) is 72.3 Å². The van der Waals surface area contributed by atoms with E-state index in [1.165, 1.54) is 25.7 Å². The smallest absolute Gasteiger partial charge is 0.323 e. The van der Waals surface area contributed by atoms with Crippen LogP contribution in [0.15, 0.2) is 0 Å². The molecule has 3 nitrogen and oxygen atoms in total. The zero-order chi connectivity index (χ0) is 15.5. The van der Waals surface area contributed by atoms with Crippen molar-refractivity contribution in [1.29, 1.82) is 0 Å². The van der Waals surface area contributed by atoms with Crippen molar-refractivity contribution in [3.8, 4) is 0 Å². The minimum absolute atomic E-state index is 0.0302. The highest BCUT2D eigenvalue weighted by Gasteiger charge is 2.36. The maximum Gasteiger partial charge on any atom is 0.323 e. The molecule has 2 saturated carbocycles. The van der Waals surface area contributed by atoms with Gasteiger partial charge in [0.15, 0.2) is 0 Å². The van der Waals surface area contributed by atoms with Crippen LogP contribution in [0.3, 0.4) is 0 Å². The Morgan fingerprint density at radius 1 is 1.14 bits per heavy atom. The van der Waals surface area contributed by atoms with Gasteiger partial charge in [0, 0.05) is 0 Å². The van der Waals surface area contributed by atoms with Gasteiger partial charge in [-0.05, 0) is 75.2 Å². The Kier molecular flexibility index (Phi) is 5.70. The summed E-state index contributed by atoms with van der Waals surface area (Å²) in [6.45, 7) is 10.4. The van der Waals surface area contributed by atoms with Crippen LogP contribution in [-0.4, -0.2) is 25.2 Å². The van der Waals surface area contributed by atoms with E-state index in [4.69, 9.17) is 4.74 Å². The van der Waals surface area contributed by atoms with Crippen molar-refractivity contribution in [3.05, 3.63) is 0 Å². The molecule has 3 heteroatoms. The first-order chi connectivity index (χ1) is 9.91. The molecule has 1 N–H and O–H groups in total. The predicted octanol–water partition coefficient (Wildman–Crippen LogP) is 3.77. The molecule has 0 saturated heterocycles. The van der Waals surface area contributed by atoms with Crippen LogP contribution in [0.4, 0.5) is 0 Å². The summed E-state index contributed by atoms with van der Waals surface area (Å²) >= 11 is 0. The van der Waals surface area contributed by atoms with Gasteiger partial charge >= 0.3 is 5.97 Å². The van der Waals surface area contributed by atoms with E-state index in [1.54, 1.807) is 0 Å². The summed E-state index contributed by atoms with van der Waals surface area (Å²) in [5, 5.41) is 3.52. The lowest BCUT2D eigenvalue weighted by Crippen LogP contribution is -2.46. The summed E-state index contributed by atoms with van der Waals surface area (Å²) in [7, 11) is 0. The number of hydrogen-bond acceptors (Lipinski definition) is 3. The molecule has 0 aromatic carbocycles. The molecule has 0 aromatic heterocycles. The third-order valence-electron chi connectivity index (χ3n) is 5.33. The van der Waals surface area contributed by atoms with Gasteiger partial charge in [-0.15, -0.1) is 0 Å². The maximum absolute atomic E-state index is 12.3. The average molecular weight is 295 g/mol. The minimum Gasteiger partial charge on any atom is -0.465 e. The fourth-order valence-corrected chi connectivity index (χ4v) is 3.61. The molecule has 0 heterocycles. The highest BCUT2D eigenvalue weighted by Crippen LogP contribution is 2.41. The first-order valence-electron chi connectivity index (χ1n) is 8.81. The largest absolute Gasteiger partial charge is 0.465 e. The summed E-state index contributed by atoms with van der Waals surface area (Å²) in [5.41, 5.74) is 0.395. The van der Waals surface area contributed by atoms with Crippen molar-refractivity contribution in [2.24, 2.45) is 23.2 Å². The Labute approximate surface area is 130 Å². The van der Waals surface area contributed by atoms with Crippen LogP contribution >= 0.6 is 0 Å². The standard InChI is InChI=1S/C18H33NO2/c1-5-21-17(20)16(19-12-13-6-7-13)14-8-10-15(11-9-14)18(2,3)4/h13-16,19H,5-12H2,1-4H3. The van der Waals surface area contributed by atoms with Gasteiger partial charge in [0.25, 0.3) is 0 Å². The molecule has 0 aromatic rings. The van der Waals surface area contributed by atoms with Crippen molar-refractivity contribution >= 4 is 5.97 Å². The molecular formula is C18H33NO2. The SMILES string of the molecule is CCOC(=O)C(NCC1CC1)C1CCC(C(C)(C)C)CC1. The van der Waals surface area contributed by atoms with E-state index in [-0.39, 0.29) is 12.0 Å². The first kappa shape index (κ1) is 16.8. The van der Waals surface area contributed by atoms with Crippen molar-refractivity contribution < 1.29 is 9.53 Å². The van der Waals surface area contributed by atoms with Gasteiger partial charge in [0.1, 0.15) is 6.04 Å². The summed E-state index contributed by atoms with van der Waals surface area (Å²) in [6, 6.07) is -0.0773. The number of esters is 1. The molecule has 122 valence electrons. The number of ether oxygens (including phenoxy) is 1. The second kappa shape index (κ2) is 7.13. The van der Waals surface area contributed by atoms with Gasteiger partial charge in [-0.3, -0.25) is 4.79 Å². The van der Waals surface area contributed by atoms with Gasteiger partial charge in [0.2, 0.25) is 0 Å². The average Bonchev–Trinajstić information content (AvgIpc) is 3.23. The molecule has 2 aliphatic rings. The van der Waals surface area contributed by atoms with Gasteiger partial charge in [-0.2, -0.15) is 0 Å². The highest BCUT2D eigenvalue weighted by molar-refractivity contribution is 5.76. The van der Waals surface area contributed by atoms with Crippen LogP contribution in [0.1, 0.15) is 66.2 Å². The van der Waals surface area contributed by atoms with Crippen LogP contribution in [0, 0.1) is 23.2 Å². The number of carbonyl (C=O) groups excluding carboxylic acids is 1. The number of hydrogen-bond donors (Lipinski definition) is 1. The lowest BCUT2D eigenvalue weighted by atomic mass is 9.68. The molecule has 1 atom stereocenters. The second-order valence-corrected chi connectivity index (χ2v) is 8.06. The van der Waals surface area contributed by atoms with Crippen LogP contribution < -0.4 is 5.32 Å². The Balaban J connectivity index is 1.89. The van der Waals surface area contributed by atoms with Crippen LogP contribution in [0.2, 0.25) is 0 Å². The fourth-order valence-electron chi connectivity index (χ4n) is 3.61. The van der Waals surface area contributed by atoms with E-state index < -0.39 is 0 Å². The maximum atomic E-state index is 12.3. The van der Waals surface area contributed by atoms with Crippen LogP contribution in [0.25, 0.3) is 0 Å². The normalized spacial score (nSPS) is 28.2. The van der Waals surface area contributed by atoms with E-state index in [1.807, 2.05) is 6.92 Å². The van der Waals surface area contributed by atoms with Crippen LogP contribution in [0.5, 0.6) is 0 Å². The third kappa shape index (κ3) is 4.98. The molecule has 0 aliphatic heterocycles. The van der Waals surface area contributed by atoms with Gasteiger partial charge in [-0.1, -0.05) is 20.8 Å². The fraction of sp³-hybridized carbons (Fsp3) is 0.944. The second-order valence-electron chi connectivity index (χ2n) is 8.06. The molecular weight excluding hydrogens is 262 g/mol. The van der Waals surface area contributed by atoms with E-state index in [0.29, 0.717) is 17.9 Å². The molecule has 2 aliphatic carbocycles. The number of carbonyl (C=O) groups is 1. The van der Waals surface area contributed by atoms with Crippen LogP contribution in [-0.2, 0) is 9.53 Å². The molecule has 2 fully saturated rings. The molecule has 0 amide bonds. The molecule has 0 spiro atoms. The van der Waals surface area contributed by atoms with Gasteiger partial charge < -0.3 is 10.1 Å². The zero-order valence-electron chi connectivity index (χ0n) is 14.3. The summed E-state index contributed by atoms with van der Waals surface area (Å²) < 4.78 is 5.30. The predicted molar refractivity (Wildman–Crippen MR) is 86.1 cm³/mol. The Bertz CT molecular complexity index is 336. The lowest BCUT2D eigenvalue weighted by Gasteiger charge is -2.39. The van der Waals surface area contributed by atoms with E-state index in [9.17, 15) is 4.79 Å². The molecule has 0 bridgehead atoms. The van der Waals surface area contributed by atoms with Crippen molar-refractivity contribution in [1.82, 2.24) is 5.32 Å². The number of rotatable bonds is 6. The van der Waals surface area contributed by atoms with Crippen molar-refractivity contribution in [2.75, 3.05) is 13.2 Å². The number of nitrogens with one attached hydrogen (secondary N) is 1. The molecule has 2 rings (SSSR count). The van der Waals surface area contributed by atoms with E-state index in [2.05, 4.69) is 26.1 Å². The van der Waals surface area contributed by atoms with Gasteiger partial charge in [-0.25, -0.2) is 0 Å². The lowest BCUT2D eigenvalue weighted by molar-refractivity contribution is -0.147. The summed E-state index contributed by atoms with van der Waals surface area (Å²) in [6.07, 6.45) is 7.44. The van der Waals surface area contributed by atoms with E-state index >= 15 is 0 Å². The first-order valence-corrected chi connectivity index (χ1v) is 8.81. The molecule has 21 heavy (non-hydrogen) atoms. The summed E-state index contributed by atoms with van der Waals surface area (Å²) in [4.78, 5) is 12.3. The Morgan fingerprint density at radius 3 is 2.24 bits per heavy atom. The van der Waals surface area contributed by atoms with E-state index in [0.717, 1.165) is 31.2 Å². The quantitative estimate of drug-likeness (QED) is 0.758. The Morgan fingerprint density at radius 2 is 1.76 bits per heavy atom. The third-order valence-corrected chi connectivity index (χ3v) is 5.33.